The lowest BCUT2D eigenvalue weighted by Crippen LogP contribution is -2.48. The molecule has 1 aliphatic heterocycles. The summed E-state index contributed by atoms with van der Waals surface area (Å²) in [6, 6.07) is 5.88. The van der Waals surface area contributed by atoms with Crippen LogP contribution in [-0.2, 0) is 33.0 Å². The summed E-state index contributed by atoms with van der Waals surface area (Å²) < 4.78 is 31.2. The van der Waals surface area contributed by atoms with E-state index in [0.29, 0.717) is 19.4 Å². The van der Waals surface area contributed by atoms with Crippen molar-refractivity contribution in [3.05, 3.63) is 66.0 Å². The zero-order valence-corrected chi connectivity index (χ0v) is 31.3. The lowest BCUT2D eigenvalue weighted by molar-refractivity contribution is -0.227. The molecule has 0 saturated carbocycles. The van der Waals surface area contributed by atoms with Gasteiger partial charge in [-0.15, -0.1) is 0 Å². The fourth-order valence-corrected chi connectivity index (χ4v) is 6.67. The van der Waals surface area contributed by atoms with Crippen LogP contribution in [0.2, 0.25) is 18.1 Å². The van der Waals surface area contributed by atoms with Crippen molar-refractivity contribution >= 4 is 20.3 Å². The van der Waals surface area contributed by atoms with E-state index in [1.165, 1.54) is 6.92 Å². The SMILES string of the molecule is CCOC(C)O[C@]1(C)CC[C@@H](O[Si](C)(C)C(C)(C)C)CC(=O)O[C@H](C(C)=CC=C[C@@H](C)c2ccccn2)[C@@H](C)C=C[C@@H]1OC(C)=O. The molecule has 1 aromatic rings. The topological polar surface area (TPSA) is 93.2 Å². The second kappa shape index (κ2) is 17.5. The van der Waals surface area contributed by atoms with Gasteiger partial charge in [0, 0.05) is 37.3 Å². The molecule has 1 aromatic heterocycles. The van der Waals surface area contributed by atoms with E-state index in [4.69, 9.17) is 23.4 Å². The van der Waals surface area contributed by atoms with Gasteiger partial charge in [0.25, 0.3) is 0 Å². The third-order valence-electron chi connectivity index (χ3n) is 9.04. The van der Waals surface area contributed by atoms with Crippen molar-refractivity contribution in [3.8, 4) is 0 Å². The molecule has 0 fully saturated rings. The van der Waals surface area contributed by atoms with E-state index in [1.54, 1.807) is 6.20 Å². The number of ether oxygens (including phenoxy) is 4. The monoisotopic (exact) mass is 657 g/mol. The van der Waals surface area contributed by atoms with Crippen LogP contribution < -0.4 is 0 Å². The van der Waals surface area contributed by atoms with Crippen molar-refractivity contribution < 1.29 is 33.0 Å². The molecular formula is C37H59NO7Si. The average Bonchev–Trinajstić information content (AvgIpc) is 2.95. The van der Waals surface area contributed by atoms with Crippen LogP contribution in [0.3, 0.4) is 0 Å². The van der Waals surface area contributed by atoms with Gasteiger partial charge < -0.3 is 23.4 Å². The van der Waals surface area contributed by atoms with E-state index < -0.39 is 44.5 Å². The molecule has 1 unspecified atom stereocenters. The summed E-state index contributed by atoms with van der Waals surface area (Å²) in [7, 11) is -2.25. The Morgan fingerprint density at radius 2 is 1.89 bits per heavy atom. The summed E-state index contributed by atoms with van der Waals surface area (Å²) in [6.45, 7) is 24.5. The minimum Gasteiger partial charge on any atom is -0.457 e. The van der Waals surface area contributed by atoms with Gasteiger partial charge in [-0.1, -0.05) is 65.0 Å². The van der Waals surface area contributed by atoms with E-state index >= 15 is 0 Å². The number of cyclic esters (lactones) is 1. The molecule has 0 radical (unpaired) electrons. The molecule has 0 bridgehead atoms. The Morgan fingerprint density at radius 3 is 2.48 bits per heavy atom. The van der Waals surface area contributed by atoms with Crippen molar-refractivity contribution in [2.45, 2.75) is 143 Å². The van der Waals surface area contributed by atoms with Gasteiger partial charge in [-0.05, 0) is 82.5 Å². The van der Waals surface area contributed by atoms with E-state index in [-0.39, 0.29) is 29.3 Å². The Hall–Kier alpha value is -2.59. The molecule has 0 aromatic carbocycles. The van der Waals surface area contributed by atoms with Crippen LogP contribution in [0.25, 0.3) is 0 Å². The lowest BCUT2D eigenvalue weighted by atomic mass is 9.88. The van der Waals surface area contributed by atoms with Gasteiger partial charge in [-0.2, -0.15) is 0 Å². The smallest absolute Gasteiger partial charge is 0.308 e. The molecule has 0 aliphatic carbocycles. The summed E-state index contributed by atoms with van der Waals surface area (Å²) in [6.07, 6.45) is 10.5. The van der Waals surface area contributed by atoms with Crippen LogP contribution in [-0.4, -0.2) is 62.0 Å². The van der Waals surface area contributed by atoms with Crippen molar-refractivity contribution in [2.24, 2.45) is 5.92 Å². The standard InChI is InChI=1S/C37H59NO7Si/c1-13-41-30(6)44-37(10)23-22-31(45-46(11,12)36(7,8)9)25-34(40)43-35(28(4)20-21-33(37)42-29(5)39)27(3)18-16-17-26(2)32-19-14-15-24-38-32/h14-21,24,26,28,30-31,33,35H,13,22-23,25H2,1-12H3/t26-,28+,30?,31-,33+,35-,37-/m1/s1. The zero-order chi connectivity index (χ0) is 34.7. The summed E-state index contributed by atoms with van der Waals surface area (Å²) in [4.78, 5) is 30.4. The average molecular weight is 658 g/mol. The van der Waals surface area contributed by atoms with Crippen molar-refractivity contribution in [3.63, 3.8) is 0 Å². The predicted molar refractivity (Wildman–Crippen MR) is 186 cm³/mol. The largest absolute Gasteiger partial charge is 0.457 e. The molecule has 0 N–H and O–H groups in total. The molecule has 1 aliphatic rings. The highest BCUT2D eigenvalue weighted by Gasteiger charge is 2.43. The number of pyridine rings is 1. The maximum Gasteiger partial charge on any atom is 0.308 e. The van der Waals surface area contributed by atoms with Crippen LogP contribution in [0.4, 0.5) is 0 Å². The van der Waals surface area contributed by atoms with Gasteiger partial charge >= 0.3 is 11.9 Å². The quantitative estimate of drug-likeness (QED) is 0.0770. The Balaban J connectivity index is 2.55. The van der Waals surface area contributed by atoms with Gasteiger partial charge in [0.1, 0.15) is 17.8 Å². The highest BCUT2D eigenvalue weighted by molar-refractivity contribution is 6.74. The molecule has 7 atom stereocenters. The maximum absolute atomic E-state index is 13.6. The number of aromatic nitrogens is 1. The maximum atomic E-state index is 13.6. The minimum atomic E-state index is -2.25. The van der Waals surface area contributed by atoms with Crippen LogP contribution in [0.1, 0.15) is 100 Å². The van der Waals surface area contributed by atoms with Crippen LogP contribution in [0.5, 0.6) is 0 Å². The molecule has 8 nitrogen and oxygen atoms in total. The molecule has 2 heterocycles. The molecule has 0 amide bonds. The first-order valence-corrected chi connectivity index (χ1v) is 19.6. The summed E-state index contributed by atoms with van der Waals surface area (Å²) in [5.41, 5.74) is 0.924. The molecule has 258 valence electrons. The molecule has 0 spiro atoms. The normalized spacial score (nSPS) is 27.0. The fourth-order valence-electron chi connectivity index (χ4n) is 5.29. The molecular weight excluding hydrogens is 598 g/mol. The minimum absolute atomic E-state index is 0.0536. The Morgan fingerprint density at radius 1 is 1.20 bits per heavy atom. The van der Waals surface area contributed by atoms with Crippen LogP contribution >= 0.6 is 0 Å². The zero-order valence-electron chi connectivity index (χ0n) is 30.3. The number of hydrogen-bond acceptors (Lipinski definition) is 8. The van der Waals surface area contributed by atoms with E-state index in [1.807, 2.05) is 77.1 Å². The Kier molecular flexibility index (Phi) is 15.1. The molecule has 46 heavy (non-hydrogen) atoms. The molecule has 2 rings (SSSR count). The number of esters is 2. The fraction of sp³-hybridized carbons (Fsp3) is 0.649. The first kappa shape index (κ1) is 39.6. The van der Waals surface area contributed by atoms with E-state index in [2.05, 4.69) is 51.8 Å². The van der Waals surface area contributed by atoms with Gasteiger partial charge in [-0.3, -0.25) is 14.6 Å². The van der Waals surface area contributed by atoms with Crippen LogP contribution in [0.15, 0.2) is 60.3 Å². The molecule has 9 heteroatoms. The van der Waals surface area contributed by atoms with Gasteiger partial charge in [0.2, 0.25) is 0 Å². The number of rotatable bonds is 11. The summed E-state index contributed by atoms with van der Waals surface area (Å²) in [5, 5.41) is -0.0536. The first-order valence-electron chi connectivity index (χ1n) is 16.7. The number of carbonyl (C=O) groups is 2. The van der Waals surface area contributed by atoms with Crippen molar-refractivity contribution in [1.82, 2.24) is 4.98 Å². The highest BCUT2D eigenvalue weighted by atomic mass is 28.4. The molecule has 0 saturated heterocycles. The van der Waals surface area contributed by atoms with Gasteiger partial charge in [0.05, 0.1) is 12.5 Å². The van der Waals surface area contributed by atoms with Crippen molar-refractivity contribution in [1.29, 1.82) is 0 Å². The Bertz CT molecular complexity index is 1210. The summed E-state index contributed by atoms with van der Waals surface area (Å²) >= 11 is 0. The first-order chi connectivity index (χ1) is 21.4. The van der Waals surface area contributed by atoms with Gasteiger partial charge in [0.15, 0.2) is 14.6 Å². The van der Waals surface area contributed by atoms with E-state index in [9.17, 15) is 9.59 Å². The number of carbonyl (C=O) groups excluding carboxylic acids is 2. The van der Waals surface area contributed by atoms with Gasteiger partial charge in [-0.25, -0.2) is 0 Å². The van der Waals surface area contributed by atoms with E-state index in [0.717, 1.165) is 11.3 Å². The second-order valence-corrected chi connectivity index (χ2v) is 19.0. The third kappa shape index (κ3) is 12.2. The van der Waals surface area contributed by atoms with Crippen LogP contribution in [0, 0.1) is 5.92 Å². The second-order valence-electron chi connectivity index (χ2n) is 14.2. The lowest BCUT2D eigenvalue weighted by Gasteiger charge is -2.42. The Labute approximate surface area is 279 Å². The third-order valence-corrected chi connectivity index (χ3v) is 13.6. The highest BCUT2D eigenvalue weighted by Crippen LogP contribution is 2.39. The number of allylic oxidation sites excluding steroid dienone is 3. The predicted octanol–water partition coefficient (Wildman–Crippen LogP) is 8.46. The number of hydrogen-bond donors (Lipinski definition) is 0. The summed E-state index contributed by atoms with van der Waals surface area (Å²) in [5.74, 6) is -0.827. The van der Waals surface area contributed by atoms with Crippen molar-refractivity contribution in [2.75, 3.05) is 6.61 Å². The number of nitrogens with zero attached hydrogens (tertiary/aromatic N) is 1.